The van der Waals surface area contributed by atoms with Gasteiger partial charge in [-0.1, -0.05) is 55.5 Å². The van der Waals surface area contributed by atoms with Crippen LogP contribution in [0.1, 0.15) is 13.3 Å². The average Bonchev–Trinajstić information content (AvgIpc) is 2.73. The molecule has 0 saturated carbocycles. The molecular formula is C23H23NO3. The Bertz CT molecular complexity index is 876. The van der Waals surface area contributed by atoms with Gasteiger partial charge in [0, 0.05) is 11.3 Å². The molecule has 4 nitrogen and oxygen atoms in total. The van der Waals surface area contributed by atoms with Crippen molar-refractivity contribution in [3.8, 4) is 22.6 Å². The Labute approximate surface area is 159 Å². The summed E-state index contributed by atoms with van der Waals surface area (Å²) in [6, 6.07) is 25.0. The Kier molecular flexibility index (Phi) is 6.10. The molecular weight excluding hydrogens is 338 g/mol. The van der Waals surface area contributed by atoms with E-state index in [1.807, 2.05) is 73.7 Å². The minimum atomic E-state index is -0.581. The quantitative estimate of drug-likeness (QED) is 0.632. The van der Waals surface area contributed by atoms with Crippen molar-refractivity contribution >= 4 is 11.6 Å². The first-order valence-electron chi connectivity index (χ1n) is 8.97. The predicted molar refractivity (Wildman–Crippen MR) is 108 cm³/mol. The molecule has 0 spiro atoms. The van der Waals surface area contributed by atoms with Gasteiger partial charge in [0.15, 0.2) is 6.10 Å². The molecule has 138 valence electrons. The first kappa shape index (κ1) is 18.5. The molecule has 0 aliphatic heterocycles. The lowest BCUT2D eigenvalue weighted by molar-refractivity contribution is -0.122. The number of carbonyl (C=O) groups is 1. The second-order valence-electron chi connectivity index (χ2n) is 6.09. The Morgan fingerprint density at radius 1 is 0.889 bits per heavy atom. The van der Waals surface area contributed by atoms with Gasteiger partial charge in [-0.2, -0.15) is 0 Å². The summed E-state index contributed by atoms with van der Waals surface area (Å²) < 4.78 is 11.0. The lowest BCUT2D eigenvalue weighted by atomic mass is 10.0. The van der Waals surface area contributed by atoms with E-state index in [2.05, 4.69) is 5.32 Å². The maximum atomic E-state index is 12.8. The highest BCUT2D eigenvalue weighted by Crippen LogP contribution is 2.28. The first-order valence-corrected chi connectivity index (χ1v) is 8.97. The monoisotopic (exact) mass is 361 g/mol. The number of ether oxygens (including phenoxy) is 2. The minimum Gasteiger partial charge on any atom is -0.497 e. The van der Waals surface area contributed by atoms with Gasteiger partial charge in [0.1, 0.15) is 11.5 Å². The number of rotatable bonds is 7. The van der Waals surface area contributed by atoms with Crippen LogP contribution in [0.3, 0.4) is 0 Å². The highest BCUT2D eigenvalue weighted by molar-refractivity contribution is 5.98. The van der Waals surface area contributed by atoms with Crippen molar-refractivity contribution in [2.24, 2.45) is 0 Å². The van der Waals surface area contributed by atoms with E-state index in [-0.39, 0.29) is 5.91 Å². The van der Waals surface area contributed by atoms with Crippen LogP contribution >= 0.6 is 0 Å². The molecule has 1 amide bonds. The summed E-state index contributed by atoms with van der Waals surface area (Å²) in [4.78, 5) is 12.8. The van der Waals surface area contributed by atoms with Crippen LogP contribution in [0, 0.1) is 0 Å². The molecule has 0 heterocycles. The van der Waals surface area contributed by atoms with E-state index >= 15 is 0 Å². The fraction of sp³-hybridized carbons (Fsp3) is 0.174. The molecule has 0 bridgehead atoms. The molecule has 3 aromatic rings. The van der Waals surface area contributed by atoms with E-state index in [4.69, 9.17) is 9.47 Å². The Morgan fingerprint density at radius 2 is 1.52 bits per heavy atom. The first-order chi connectivity index (χ1) is 13.2. The van der Waals surface area contributed by atoms with Crippen molar-refractivity contribution in [2.75, 3.05) is 12.4 Å². The van der Waals surface area contributed by atoms with E-state index in [9.17, 15) is 4.79 Å². The van der Waals surface area contributed by atoms with Gasteiger partial charge in [0.25, 0.3) is 5.91 Å². The maximum absolute atomic E-state index is 12.8. The number of hydrogen-bond acceptors (Lipinski definition) is 3. The zero-order valence-corrected chi connectivity index (χ0v) is 15.5. The maximum Gasteiger partial charge on any atom is 0.265 e. The Balaban J connectivity index is 1.75. The smallest absolute Gasteiger partial charge is 0.265 e. The predicted octanol–water partition coefficient (Wildman–Crippen LogP) is 5.16. The van der Waals surface area contributed by atoms with Gasteiger partial charge in [-0.15, -0.1) is 0 Å². The van der Waals surface area contributed by atoms with Gasteiger partial charge < -0.3 is 14.8 Å². The molecule has 0 aliphatic carbocycles. The number of amides is 1. The summed E-state index contributed by atoms with van der Waals surface area (Å²) in [5.74, 6) is 1.21. The van der Waals surface area contributed by atoms with Crippen molar-refractivity contribution in [1.29, 1.82) is 0 Å². The lowest BCUT2D eigenvalue weighted by Gasteiger charge is -2.19. The van der Waals surface area contributed by atoms with Gasteiger partial charge in [0.05, 0.1) is 7.11 Å². The minimum absolute atomic E-state index is 0.170. The van der Waals surface area contributed by atoms with Crippen molar-refractivity contribution in [2.45, 2.75) is 19.4 Å². The average molecular weight is 361 g/mol. The van der Waals surface area contributed by atoms with Gasteiger partial charge in [0.2, 0.25) is 0 Å². The second kappa shape index (κ2) is 8.90. The second-order valence-corrected chi connectivity index (χ2v) is 6.09. The molecule has 0 radical (unpaired) electrons. The van der Waals surface area contributed by atoms with Gasteiger partial charge >= 0.3 is 0 Å². The summed E-state index contributed by atoms with van der Waals surface area (Å²) >= 11 is 0. The third kappa shape index (κ3) is 4.67. The van der Waals surface area contributed by atoms with Crippen LogP contribution in [0.15, 0.2) is 78.9 Å². The molecule has 3 rings (SSSR count). The standard InChI is InChI=1S/C23H23NO3/c1-3-22(27-19-15-13-18(26-2)14-16-19)23(25)24-21-12-8-7-11-20(21)17-9-5-4-6-10-17/h4-16,22H,3H2,1-2H3,(H,24,25)/t22-/m0/s1. The molecule has 1 atom stereocenters. The molecule has 4 heteroatoms. The van der Waals surface area contributed by atoms with Crippen molar-refractivity contribution < 1.29 is 14.3 Å². The van der Waals surface area contributed by atoms with Gasteiger partial charge in [-0.05, 0) is 42.3 Å². The Hall–Kier alpha value is -3.27. The summed E-state index contributed by atoms with van der Waals surface area (Å²) in [6.45, 7) is 1.93. The lowest BCUT2D eigenvalue weighted by Crippen LogP contribution is -2.32. The molecule has 0 unspecified atom stereocenters. The van der Waals surface area contributed by atoms with E-state index in [1.54, 1.807) is 19.2 Å². The van der Waals surface area contributed by atoms with Crippen LogP contribution in [0.25, 0.3) is 11.1 Å². The largest absolute Gasteiger partial charge is 0.497 e. The van der Waals surface area contributed by atoms with Crippen molar-refractivity contribution in [3.63, 3.8) is 0 Å². The van der Waals surface area contributed by atoms with E-state index in [0.717, 1.165) is 22.6 Å². The van der Waals surface area contributed by atoms with Crippen molar-refractivity contribution in [3.05, 3.63) is 78.9 Å². The molecule has 0 fully saturated rings. The van der Waals surface area contributed by atoms with E-state index in [1.165, 1.54) is 0 Å². The topological polar surface area (TPSA) is 47.6 Å². The number of hydrogen-bond donors (Lipinski definition) is 1. The molecule has 0 aromatic heterocycles. The summed E-state index contributed by atoms with van der Waals surface area (Å²) in [7, 11) is 1.61. The van der Waals surface area contributed by atoms with Gasteiger partial charge in [-0.25, -0.2) is 0 Å². The number of nitrogens with one attached hydrogen (secondary N) is 1. The number of para-hydroxylation sites is 1. The van der Waals surface area contributed by atoms with E-state index in [0.29, 0.717) is 12.2 Å². The van der Waals surface area contributed by atoms with Gasteiger partial charge in [-0.3, -0.25) is 4.79 Å². The third-order valence-electron chi connectivity index (χ3n) is 4.27. The SMILES string of the molecule is CC[C@H](Oc1ccc(OC)cc1)C(=O)Nc1ccccc1-c1ccccc1. The normalized spacial score (nSPS) is 11.5. The highest BCUT2D eigenvalue weighted by Gasteiger charge is 2.19. The zero-order valence-electron chi connectivity index (χ0n) is 15.5. The summed E-state index contributed by atoms with van der Waals surface area (Å²) in [5, 5.41) is 3.01. The molecule has 27 heavy (non-hydrogen) atoms. The van der Waals surface area contributed by atoms with Crippen LogP contribution in [-0.4, -0.2) is 19.1 Å². The number of anilines is 1. The number of benzene rings is 3. The zero-order chi connectivity index (χ0) is 19.1. The summed E-state index contributed by atoms with van der Waals surface area (Å²) in [5.41, 5.74) is 2.80. The Morgan fingerprint density at radius 3 is 2.19 bits per heavy atom. The van der Waals surface area contributed by atoms with Crippen LogP contribution in [-0.2, 0) is 4.79 Å². The number of methoxy groups -OCH3 is 1. The fourth-order valence-corrected chi connectivity index (χ4v) is 2.82. The highest BCUT2D eigenvalue weighted by atomic mass is 16.5. The fourth-order valence-electron chi connectivity index (χ4n) is 2.82. The van der Waals surface area contributed by atoms with Crippen LogP contribution < -0.4 is 14.8 Å². The van der Waals surface area contributed by atoms with E-state index < -0.39 is 6.10 Å². The molecule has 0 saturated heterocycles. The summed E-state index contributed by atoms with van der Waals surface area (Å²) in [6.07, 6.45) is -0.0204. The van der Waals surface area contributed by atoms with Crippen LogP contribution in [0.5, 0.6) is 11.5 Å². The van der Waals surface area contributed by atoms with Crippen LogP contribution in [0.4, 0.5) is 5.69 Å². The molecule has 0 aliphatic rings. The van der Waals surface area contributed by atoms with Crippen molar-refractivity contribution in [1.82, 2.24) is 0 Å². The molecule has 3 aromatic carbocycles. The third-order valence-corrected chi connectivity index (χ3v) is 4.27. The molecule has 1 N–H and O–H groups in total. The number of carbonyl (C=O) groups excluding carboxylic acids is 1. The van der Waals surface area contributed by atoms with Crippen LogP contribution in [0.2, 0.25) is 0 Å².